The number of hydrogen-bond acceptors (Lipinski definition) is 0. The zero-order valence-corrected chi connectivity index (χ0v) is 8.85. The number of hydrogen-bond donors (Lipinski definition) is 0. The summed E-state index contributed by atoms with van der Waals surface area (Å²) >= 11 is 10.1. The van der Waals surface area contributed by atoms with Gasteiger partial charge in [0.25, 0.3) is 0 Å². The van der Waals surface area contributed by atoms with Crippen molar-refractivity contribution >= 4 is 23.2 Å². The Morgan fingerprint density at radius 3 is 2.10 bits per heavy atom. The van der Waals surface area contributed by atoms with Crippen molar-refractivity contribution in [3.05, 3.63) is 24.3 Å². The molecule has 1 rings (SSSR count). The van der Waals surface area contributed by atoms with Gasteiger partial charge in [0.1, 0.15) is 4.84 Å². The summed E-state index contributed by atoms with van der Waals surface area (Å²) < 4.78 is 0. The molecule has 0 saturated heterocycles. The van der Waals surface area contributed by atoms with Crippen LogP contribution in [0.2, 0.25) is 0 Å². The monoisotopic (exact) mass is 211 g/mol. The first-order chi connectivity index (χ1) is 4.23. The molecule has 0 saturated carbocycles. The fourth-order valence-corrected chi connectivity index (χ4v) is 0.340. The summed E-state index contributed by atoms with van der Waals surface area (Å²) in [4.78, 5) is -0.222. The van der Waals surface area contributed by atoms with Gasteiger partial charge in [-0.1, -0.05) is 0 Å². The Morgan fingerprint density at radius 1 is 1.50 bits per heavy atom. The fraction of sp³-hybridized carbons (Fsp3) is 0.429. The second kappa shape index (κ2) is 9.77. The SMILES string of the molecule is CC(Cl)Cl.[C-]1=CC=CC1.[Ti]. The molecule has 56 valence electrons. The maximum absolute atomic E-state index is 5.04. The largest absolute Gasteiger partial charge is 0.273 e. The fourth-order valence-electron chi connectivity index (χ4n) is 0.340. The van der Waals surface area contributed by atoms with Gasteiger partial charge in [-0.05, 0) is 6.92 Å². The maximum Gasteiger partial charge on any atom is 0.105 e. The van der Waals surface area contributed by atoms with Gasteiger partial charge in [-0.25, -0.2) is 12.2 Å². The van der Waals surface area contributed by atoms with Crippen molar-refractivity contribution in [3.8, 4) is 0 Å². The predicted molar refractivity (Wildman–Crippen MR) is 42.7 cm³/mol. The van der Waals surface area contributed by atoms with Crippen LogP contribution in [0.25, 0.3) is 0 Å². The Balaban J connectivity index is 0. The van der Waals surface area contributed by atoms with E-state index in [-0.39, 0.29) is 26.6 Å². The molecule has 3 heteroatoms. The minimum Gasteiger partial charge on any atom is -0.273 e. The molecule has 0 heterocycles. The third kappa shape index (κ3) is 15.9. The molecule has 0 aromatic rings. The first-order valence-electron chi connectivity index (χ1n) is 2.73. The minimum atomic E-state index is -0.222. The normalized spacial score (nSPS) is 12.4. The predicted octanol–water partition coefficient (Wildman–Crippen LogP) is 3.11. The van der Waals surface area contributed by atoms with E-state index in [0.29, 0.717) is 0 Å². The zero-order valence-electron chi connectivity index (χ0n) is 5.77. The van der Waals surface area contributed by atoms with Crippen LogP contribution in [0.4, 0.5) is 0 Å². The van der Waals surface area contributed by atoms with Crippen molar-refractivity contribution in [2.75, 3.05) is 0 Å². The van der Waals surface area contributed by atoms with Crippen LogP contribution in [-0.4, -0.2) is 4.84 Å². The van der Waals surface area contributed by atoms with Gasteiger partial charge in [-0.15, -0.1) is 29.6 Å². The van der Waals surface area contributed by atoms with Crippen LogP contribution in [-0.2, 0) is 21.7 Å². The van der Waals surface area contributed by atoms with Gasteiger partial charge in [0.2, 0.25) is 0 Å². The molecule has 0 aromatic heterocycles. The summed E-state index contributed by atoms with van der Waals surface area (Å²) in [7, 11) is 0. The van der Waals surface area contributed by atoms with Crippen molar-refractivity contribution in [1.82, 2.24) is 0 Å². The smallest absolute Gasteiger partial charge is 0.105 e. The number of rotatable bonds is 0. The van der Waals surface area contributed by atoms with Crippen molar-refractivity contribution in [2.24, 2.45) is 0 Å². The molecule has 0 aliphatic heterocycles. The number of allylic oxidation sites excluding steroid dienone is 4. The van der Waals surface area contributed by atoms with Gasteiger partial charge < -0.3 is 0 Å². The van der Waals surface area contributed by atoms with Crippen molar-refractivity contribution < 1.29 is 21.7 Å². The van der Waals surface area contributed by atoms with Crippen molar-refractivity contribution in [1.29, 1.82) is 0 Å². The number of alkyl halides is 2. The average molecular weight is 212 g/mol. The van der Waals surface area contributed by atoms with Crippen LogP contribution in [0.3, 0.4) is 0 Å². The van der Waals surface area contributed by atoms with Gasteiger partial charge in [0.05, 0.1) is 0 Å². The molecule has 0 nitrogen and oxygen atoms in total. The van der Waals surface area contributed by atoms with Gasteiger partial charge in [-0.2, -0.15) is 6.08 Å². The zero-order chi connectivity index (χ0) is 7.11. The van der Waals surface area contributed by atoms with E-state index < -0.39 is 0 Å². The van der Waals surface area contributed by atoms with E-state index in [1.54, 1.807) is 6.92 Å². The second-order valence-corrected chi connectivity index (χ2v) is 3.05. The Labute approximate surface area is 87.2 Å². The summed E-state index contributed by atoms with van der Waals surface area (Å²) in [5, 5.41) is 0. The van der Waals surface area contributed by atoms with Gasteiger partial charge >= 0.3 is 0 Å². The van der Waals surface area contributed by atoms with E-state index in [4.69, 9.17) is 23.2 Å². The minimum absolute atomic E-state index is 0. The summed E-state index contributed by atoms with van der Waals surface area (Å²) in [6.45, 7) is 1.70. The summed E-state index contributed by atoms with van der Waals surface area (Å²) in [6.07, 6.45) is 10.0. The molecule has 0 amide bonds. The van der Waals surface area contributed by atoms with Crippen LogP contribution in [0.15, 0.2) is 18.2 Å². The van der Waals surface area contributed by atoms with E-state index in [9.17, 15) is 0 Å². The Kier molecular flexibility index (Phi) is 13.1. The molecule has 0 fully saturated rings. The average Bonchev–Trinajstić information content (AvgIpc) is 2.11. The molecule has 0 radical (unpaired) electrons. The second-order valence-electron chi connectivity index (χ2n) is 1.52. The topological polar surface area (TPSA) is 0 Å². The maximum atomic E-state index is 5.04. The summed E-state index contributed by atoms with van der Waals surface area (Å²) in [6, 6.07) is 0. The van der Waals surface area contributed by atoms with Gasteiger partial charge in [-0.3, -0.25) is 6.08 Å². The Hall–Kier alpha value is 0.774. The van der Waals surface area contributed by atoms with Crippen LogP contribution in [0, 0.1) is 6.08 Å². The van der Waals surface area contributed by atoms with Crippen LogP contribution < -0.4 is 0 Å². The third-order valence-electron chi connectivity index (χ3n) is 0.586. The standard InChI is InChI=1S/C5H5.C2H4Cl2.Ti/c1-2-4-5-3-1;1-2(3)4;/h1-3H,4H2;2H,1H3;/q-1;;. The molecule has 0 bridgehead atoms. The van der Waals surface area contributed by atoms with Crippen molar-refractivity contribution in [2.45, 2.75) is 18.2 Å². The molecule has 0 unspecified atom stereocenters. The molecule has 0 spiro atoms. The quantitative estimate of drug-likeness (QED) is 0.328. The van der Waals surface area contributed by atoms with E-state index >= 15 is 0 Å². The first kappa shape index (κ1) is 13.4. The molecule has 10 heavy (non-hydrogen) atoms. The van der Waals surface area contributed by atoms with Crippen LogP contribution >= 0.6 is 23.2 Å². The van der Waals surface area contributed by atoms with Crippen LogP contribution in [0.1, 0.15) is 13.3 Å². The molecule has 1 aliphatic carbocycles. The molecule has 0 aromatic carbocycles. The van der Waals surface area contributed by atoms with E-state index in [2.05, 4.69) is 12.2 Å². The van der Waals surface area contributed by atoms with Gasteiger partial charge in [0.15, 0.2) is 0 Å². The molecule has 0 atom stereocenters. The van der Waals surface area contributed by atoms with Crippen molar-refractivity contribution in [3.63, 3.8) is 0 Å². The molecular formula is C7H9Cl2Ti-. The summed E-state index contributed by atoms with van der Waals surface area (Å²) in [5.74, 6) is 0. The first-order valence-corrected chi connectivity index (χ1v) is 3.60. The summed E-state index contributed by atoms with van der Waals surface area (Å²) in [5.41, 5.74) is 0. The van der Waals surface area contributed by atoms with Crippen LogP contribution in [0.5, 0.6) is 0 Å². The van der Waals surface area contributed by atoms with E-state index in [0.717, 1.165) is 6.42 Å². The molecule has 1 aliphatic rings. The Morgan fingerprint density at radius 2 is 2.00 bits per heavy atom. The molecular weight excluding hydrogens is 203 g/mol. The third-order valence-corrected chi connectivity index (χ3v) is 0.586. The Bertz CT molecular complexity index is 95.4. The number of halogens is 2. The molecule has 0 N–H and O–H groups in total. The van der Waals surface area contributed by atoms with Gasteiger partial charge in [0, 0.05) is 21.7 Å². The van der Waals surface area contributed by atoms with E-state index in [1.807, 2.05) is 12.2 Å². The van der Waals surface area contributed by atoms with E-state index in [1.165, 1.54) is 0 Å².